The summed E-state index contributed by atoms with van der Waals surface area (Å²) in [4.78, 5) is 12.2. The van der Waals surface area contributed by atoms with Gasteiger partial charge in [0.25, 0.3) is 0 Å². The van der Waals surface area contributed by atoms with Crippen molar-refractivity contribution in [2.24, 2.45) is 10.7 Å². The van der Waals surface area contributed by atoms with Crippen LogP contribution in [0.25, 0.3) is 0 Å². The number of aliphatic imine (C=N–C) groups is 1. The smallest absolute Gasteiger partial charge is 0.188 e. The fourth-order valence-corrected chi connectivity index (χ4v) is 4.51. The molecule has 1 aromatic carbocycles. The monoisotopic (exact) mass is 400 g/mol. The van der Waals surface area contributed by atoms with E-state index in [0.29, 0.717) is 12.0 Å². The summed E-state index contributed by atoms with van der Waals surface area (Å²) in [5.41, 5.74) is 8.75. The molecule has 1 atom stereocenters. The minimum absolute atomic E-state index is 0.582. The van der Waals surface area contributed by atoms with E-state index in [1.165, 1.54) is 43.6 Å². The average molecular weight is 401 g/mol. The van der Waals surface area contributed by atoms with E-state index >= 15 is 0 Å². The van der Waals surface area contributed by atoms with E-state index in [2.05, 4.69) is 63.1 Å². The van der Waals surface area contributed by atoms with Gasteiger partial charge in [0.2, 0.25) is 0 Å². The topological polar surface area (TPSA) is 60.1 Å². The summed E-state index contributed by atoms with van der Waals surface area (Å²) in [6.45, 7) is 14.2. The quantitative estimate of drug-likeness (QED) is 0.378. The lowest BCUT2D eigenvalue weighted by Crippen LogP contribution is -2.46. The summed E-state index contributed by atoms with van der Waals surface area (Å²) in [5.74, 6) is 0.611. The summed E-state index contributed by atoms with van der Waals surface area (Å²) >= 11 is 0. The molecule has 2 aliphatic rings. The number of piperazine rings is 1. The van der Waals surface area contributed by atoms with Gasteiger partial charge >= 0.3 is 0 Å². The number of nitrogens with two attached hydrogens (primary N) is 1. The molecule has 2 heterocycles. The zero-order valence-electron chi connectivity index (χ0n) is 18.4. The van der Waals surface area contributed by atoms with Gasteiger partial charge in [0, 0.05) is 44.5 Å². The highest BCUT2D eigenvalue weighted by atomic mass is 15.3. The SMILES string of the molecule is CCN1CCCC1CN=C(N)NCCCCN1CCN(c2cccc(C)c2)CC1. The molecule has 2 saturated heterocycles. The van der Waals surface area contributed by atoms with E-state index in [-0.39, 0.29) is 0 Å². The van der Waals surface area contributed by atoms with Crippen molar-refractivity contribution in [1.29, 1.82) is 0 Å². The van der Waals surface area contributed by atoms with Gasteiger partial charge in [0.1, 0.15) is 0 Å². The highest BCUT2D eigenvalue weighted by Gasteiger charge is 2.22. The molecule has 3 N–H and O–H groups in total. The number of rotatable bonds is 9. The number of nitrogens with one attached hydrogen (secondary N) is 1. The van der Waals surface area contributed by atoms with E-state index in [1.807, 2.05) is 0 Å². The van der Waals surface area contributed by atoms with Crippen LogP contribution in [-0.2, 0) is 0 Å². The molecule has 0 radical (unpaired) electrons. The third kappa shape index (κ3) is 6.89. The second kappa shape index (κ2) is 11.4. The van der Waals surface area contributed by atoms with Gasteiger partial charge in [-0.3, -0.25) is 14.8 Å². The molecule has 0 spiro atoms. The molecular weight excluding hydrogens is 360 g/mol. The zero-order chi connectivity index (χ0) is 20.5. The van der Waals surface area contributed by atoms with Crippen molar-refractivity contribution in [3.63, 3.8) is 0 Å². The Morgan fingerprint density at radius 3 is 2.76 bits per heavy atom. The molecule has 6 heteroatoms. The molecule has 2 fully saturated rings. The number of unbranched alkanes of at least 4 members (excludes halogenated alkanes) is 1. The van der Waals surface area contributed by atoms with Gasteiger partial charge in [0.05, 0.1) is 6.54 Å². The standard InChI is InChI=1S/C23H40N6/c1-3-28-13-7-10-22(28)19-26-23(24)25-11-4-5-12-27-14-16-29(17-15-27)21-9-6-8-20(2)18-21/h6,8-9,18,22H,3-5,7,10-17,19H2,1-2H3,(H3,24,25,26). The van der Waals surface area contributed by atoms with Crippen molar-refractivity contribution in [2.45, 2.75) is 45.6 Å². The van der Waals surface area contributed by atoms with Crippen LogP contribution in [0.3, 0.4) is 0 Å². The first kappa shape index (κ1) is 21.9. The Labute approximate surface area is 177 Å². The van der Waals surface area contributed by atoms with E-state index < -0.39 is 0 Å². The van der Waals surface area contributed by atoms with Crippen molar-refractivity contribution in [3.05, 3.63) is 29.8 Å². The minimum atomic E-state index is 0.582. The molecular formula is C23H40N6. The number of anilines is 1. The number of hydrogen-bond acceptors (Lipinski definition) is 4. The third-order valence-corrected chi connectivity index (χ3v) is 6.32. The van der Waals surface area contributed by atoms with Crippen LogP contribution in [0.5, 0.6) is 0 Å². The summed E-state index contributed by atoms with van der Waals surface area (Å²) in [5, 5.41) is 3.29. The summed E-state index contributed by atoms with van der Waals surface area (Å²) < 4.78 is 0. The zero-order valence-corrected chi connectivity index (χ0v) is 18.4. The molecule has 0 saturated carbocycles. The Kier molecular flexibility index (Phi) is 8.62. The predicted molar refractivity (Wildman–Crippen MR) is 124 cm³/mol. The molecule has 29 heavy (non-hydrogen) atoms. The molecule has 0 aliphatic carbocycles. The second-order valence-corrected chi connectivity index (χ2v) is 8.45. The first-order valence-corrected chi connectivity index (χ1v) is 11.5. The first-order valence-electron chi connectivity index (χ1n) is 11.5. The van der Waals surface area contributed by atoms with Crippen LogP contribution in [0.1, 0.15) is 38.2 Å². The van der Waals surface area contributed by atoms with Crippen LogP contribution in [0.4, 0.5) is 5.69 Å². The maximum absolute atomic E-state index is 6.05. The second-order valence-electron chi connectivity index (χ2n) is 8.45. The van der Waals surface area contributed by atoms with Gasteiger partial charge in [-0.15, -0.1) is 0 Å². The van der Waals surface area contributed by atoms with Gasteiger partial charge in [-0.2, -0.15) is 0 Å². The third-order valence-electron chi connectivity index (χ3n) is 6.32. The lowest BCUT2D eigenvalue weighted by atomic mass is 10.2. The Morgan fingerprint density at radius 1 is 1.17 bits per heavy atom. The van der Waals surface area contributed by atoms with Crippen LogP contribution in [-0.4, -0.2) is 80.7 Å². The lowest BCUT2D eigenvalue weighted by Gasteiger charge is -2.36. The summed E-state index contributed by atoms with van der Waals surface area (Å²) in [6, 6.07) is 9.43. The van der Waals surface area contributed by atoms with Crippen LogP contribution in [0.15, 0.2) is 29.3 Å². The van der Waals surface area contributed by atoms with Gasteiger partial charge in [-0.05, 0) is 69.9 Å². The lowest BCUT2D eigenvalue weighted by molar-refractivity contribution is 0.253. The van der Waals surface area contributed by atoms with Gasteiger partial charge in [-0.25, -0.2) is 0 Å². The molecule has 2 aliphatic heterocycles. The van der Waals surface area contributed by atoms with Crippen molar-refractivity contribution < 1.29 is 0 Å². The van der Waals surface area contributed by atoms with Crippen molar-refractivity contribution in [1.82, 2.24) is 15.1 Å². The Bertz CT molecular complexity index is 638. The number of aryl methyl sites for hydroxylation is 1. The number of likely N-dealkylation sites (N-methyl/N-ethyl adjacent to an activating group) is 1. The van der Waals surface area contributed by atoms with Crippen LogP contribution in [0, 0.1) is 6.92 Å². The highest BCUT2D eigenvalue weighted by Crippen LogP contribution is 2.18. The van der Waals surface area contributed by atoms with Gasteiger partial charge in [-0.1, -0.05) is 19.1 Å². The normalized spacial score (nSPS) is 21.7. The largest absolute Gasteiger partial charge is 0.370 e. The number of hydrogen-bond donors (Lipinski definition) is 2. The highest BCUT2D eigenvalue weighted by molar-refractivity contribution is 5.77. The average Bonchev–Trinajstić information content (AvgIpc) is 3.20. The number of benzene rings is 1. The Morgan fingerprint density at radius 2 is 2.00 bits per heavy atom. The van der Waals surface area contributed by atoms with Crippen molar-refractivity contribution in [2.75, 3.05) is 63.8 Å². The van der Waals surface area contributed by atoms with E-state index in [4.69, 9.17) is 5.73 Å². The fourth-order valence-electron chi connectivity index (χ4n) is 4.51. The number of nitrogens with zero attached hydrogens (tertiary/aromatic N) is 4. The van der Waals surface area contributed by atoms with E-state index in [0.717, 1.165) is 52.2 Å². The molecule has 0 aromatic heterocycles. The molecule has 3 rings (SSSR count). The van der Waals surface area contributed by atoms with Crippen LogP contribution >= 0.6 is 0 Å². The van der Waals surface area contributed by atoms with Crippen molar-refractivity contribution in [3.8, 4) is 0 Å². The van der Waals surface area contributed by atoms with Crippen molar-refractivity contribution >= 4 is 11.6 Å². The Balaban J connectivity index is 1.25. The maximum Gasteiger partial charge on any atom is 0.188 e. The van der Waals surface area contributed by atoms with E-state index in [1.54, 1.807) is 0 Å². The predicted octanol–water partition coefficient (Wildman–Crippen LogP) is 2.29. The van der Waals surface area contributed by atoms with Crippen LogP contribution in [0.2, 0.25) is 0 Å². The van der Waals surface area contributed by atoms with Gasteiger partial charge < -0.3 is 16.0 Å². The minimum Gasteiger partial charge on any atom is -0.370 e. The van der Waals surface area contributed by atoms with Gasteiger partial charge in [0.15, 0.2) is 5.96 Å². The fraction of sp³-hybridized carbons (Fsp3) is 0.696. The molecule has 162 valence electrons. The summed E-state index contributed by atoms with van der Waals surface area (Å²) in [7, 11) is 0. The van der Waals surface area contributed by atoms with Crippen LogP contribution < -0.4 is 16.0 Å². The maximum atomic E-state index is 6.05. The molecule has 0 amide bonds. The molecule has 6 nitrogen and oxygen atoms in total. The number of guanidine groups is 1. The Hall–Kier alpha value is -1.79. The molecule has 0 bridgehead atoms. The molecule has 1 unspecified atom stereocenters. The summed E-state index contributed by atoms with van der Waals surface area (Å²) in [6.07, 6.45) is 4.89. The van der Waals surface area contributed by atoms with E-state index in [9.17, 15) is 0 Å². The number of likely N-dealkylation sites (tertiary alicyclic amines) is 1. The first-order chi connectivity index (χ1) is 14.2. The molecule has 1 aromatic rings.